The van der Waals surface area contributed by atoms with E-state index < -0.39 is 0 Å². The molecule has 0 spiro atoms. The van der Waals surface area contributed by atoms with Crippen LogP contribution in [0.4, 0.5) is 0 Å². The van der Waals surface area contributed by atoms with Crippen LogP contribution in [0.3, 0.4) is 0 Å². The Hall–Kier alpha value is -1.09. The van der Waals surface area contributed by atoms with Crippen molar-refractivity contribution >= 4 is 18.0 Å². The summed E-state index contributed by atoms with van der Waals surface area (Å²) in [5, 5.41) is 0. The summed E-state index contributed by atoms with van der Waals surface area (Å²) in [4.78, 5) is 15.3. The third-order valence-corrected chi connectivity index (χ3v) is 2.38. The Labute approximate surface area is 75.7 Å². The van der Waals surface area contributed by atoms with Gasteiger partial charge < -0.3 is 0 Å². The molecule has 0 amide bonds. The Morgan fingerprint density at radius 1 is 1.67 bits per heavy atom. The van der Waals surface area contributed by atoms with Gasteiger partial charge in [-0.25, -0.2) is 0 Å². The van der Waals surface area contributed by atoms with E-state index in [0.717, 1.165) is 16.9 Å². The number of carbonyl (C=O) groups is 1. The van der Waals surface area contributed by atoms with E-state index in [0.29, 0.717) is 5.56 Å². The Morgan fingerprint density at radius 2 is 2.50 bits per heavy atom. The van der Waals surface area contributed by atoms with E-state index >= 15 is 0 Å². The zero-order valence-corrected chi connectivity index (χ0v) is 7.38. The highest BCUT2D eigenvalue weighted by atomic mass is 32.2. The number of rotatable bonds is 4. The molecule has 0 radical (unpaired) electrons. The van der Waals surface area contributed by atoms with Crippen LogP contribution in [-0.4, -0.2) is 17.0 Å². The number of carbonyl (C=O) groups excluding carboxylic acids is 1. The van der Waals surface area contributed by atoms with Gasteiger partial charge in [-0.3, -0.25) is 9.78 Å². The lowest BCUT2D eigenvalue weighted by atomic mass is 10.3. The Balaban J connectivity index is 2.81. The minimum atomic E-state index is 0.643. The second-order valence-corrected chi connectivity index (χ2v) is 3.19. The lowest BCUT2D eigenvalue weighted by Crippen LogP contribution is -1.86. The maximum absolute atomic E-state index is 10.5. The first-order chi connectivity index (χ1) is 5.88. The molecule has 0 unspecified atom stereocenters. The van der Waals surface area contributed by atoms with Crippen molar-refractivity contribution in [2.24, 2.45) is 0 Å². The summed E-state index contributed by atoms with van der Waals surface area (Å²) in [5.41, 5.74) is 0.643. The van der Waals surface area contributed by atoms with Crippen molar-refractivity contribution < 1.29 is 4.79 Å². The second kappa shape index (κ2) is 4.72. The minimum Gasteiger partial charge on any atom is -0.298 e. The average molecular weight is 179 g/mol. The van der Waals surface area contributed by atoms with Gasteiger partial charge in [-0.2, -0.15) is 0 Å². The van der Waals surface area contributed by atoms with E-state index in [2.05, 4.69) is 11.6 Å². The zero-order valence-electron chi connectivity index (χ0n) is 6.56. The normalized spacial score (nSPS) is 9.33. The summed E-state index contributed by atoms with van der Waals surface area (Å²) in [5.74, 6) is 0.810. The van der Waals surface area contributed by atoms with Crippen LogP contribution in [0, 0.1) is 0 Å². The largest absolute Gasteiger partial charge is 0.298 e. The van der Waals surface area contributed by atoms with E-state index in [1.807, 2.05) is 6.07 Å². The van der Waals surface area contributed by atoms with Crippen LogP contribution in [0.5, 0.6) is 0 Å². The van der Waals surface area contributed by atoms with Gasteiger partial charge in [0.1, 0.15) is 0 Å². The fourth-order valence-corrected chi connectivity index (χ4v) is 1.48. The molecular formula is C9H9NOS. The van der Waals surface area contributed by atoms with Crippen molar-refractivity contribution in [2.75, 3.05) is 5.75 Å². The van der Waals surface area contributed by atoms with Gasteiger partial charge in [-0.15, -0.1) is 18.3 Å². The summed E-state index contributed by atoms with van der Waals surface area (Å²) < 4.78 is 0. The number of aromatic nitrogens is 1. The molecule has 12 heavy (non-hydrogen) atoms. The molecule has 1 aromatic rings. The SMILES string of the molecule is C=CCSc1ccncc1C=O. The number of nitrogens with zero attached hydrogens (tertiary/aromatic N) is 1. The molecule has 0 aliphatic carbocycles. The van der Waals surface area contributed by atoms with Crippen LogP contribution in [0.25, 0.3) is 0 Å². The maximum Gasteiger partial charge on any atom is 0.152 e. The molecule has 0 aliphatic rings. The van der Waals surface area contributed by atoms with Crippen molar-refractivity contribution in [2.45, 2.75) is 4.90 Å². The molecule has 0 N–H and O–H groups in total. The highest BCUT2D eigenvalue weighted by Gasteiger charge is 1.99. The van der Waals surface area contributed by atoms with Crippen molar-refractivity contribution in [3.8, 4) is 0 Å². The third-order valence-electron chi connectivity index (χ3n) is 1.29. The number of hydrogen-bond acceptors (Lipinski definition) is 3. The van der Waals surface area contributed by atoms with Crippen molar-refractivity contribution in [1.29, 1.82) is 0 Å². The molecule has 0 saturated heterocycles. The first-order valence-corrected chi connectivity index (χ1v) is 4.50. The molecule has 1 heterocycles. The monoisotopic (exact) mass is 179 g/mol. The maximum atomic E-state index is 10.5. The molecule has 0 atom stereocenters. The summed E-state index contributed by atoms with van der Waals surface area (Å²) in [6, 6.07) is 1.83. The third kappa shape index (κ3) is 2.20. The van der Waals surface area contributed by atoms with Crippen LogP contribution >= 0.6 is 11.8 Å². The Morgan fingerprint density at radius 3 is 3.17 bits per heavy atom. The highest BCUT2D eigenvalue weighted by Crippen LogP contribution is 2.19. The first kappa shape index (κ1) is 9.00. The Bertz CT molecular complexity index is 286. The number of aldehydes is 1. The van der Waals surface area contributed by atoms with E-state index in [4.69, 9.17) is 0 Å². The van der Waals surface area contributed by atoms with Crippen LogP contribution in [0.15, 0.2) is 36.0 Å². The topological polar surface area (TPSA) is 30.0 Å². The molecule has 3 heteroatoms. The second-order valence-electron chi connectivity index (χ2n) is 2.13. The number of thioether (sulfide) groups is 1. The van der Waals surface area contributed by atoms with Gasteiger partial charge in [0.2, 0.25) is 0 Å². The van der Waals surface area contributed by atoms with Crippen LogP contribution < -0.4 is 0 Å². The molecule has 62 valence electrons. The molecule has 0 bridgehead atoms. The highest BCUT2D eigenvalue weighted by molar-refractivity contribution is 7.99. The molecule has 0 aromatic carbocycles. The smallest absolute Gasteiger partial charge is 0.152 e. The van der Waals surface area contributed by atoms with Gasteiger partial charge in [-0.1, -0.05) is 6.08 Å². The van der Waals surface area contributed by atoms with E-state index in [9.17, 15) is 4.79 Å². The number of hydrogen-bond donors (Lipinski definition) is 0. The summed E-state index contributed by atoms with van der Waals surface area (Å²) in [6.07, 6.45) is 5.87. The summed E-state index contributed by atoms with van der Waals surface area (Å²) in [7, 11) is 0. The van der Waals surface area contributed by atoms with Gasteiger partial charge >= 0.3 is 0 Å². The minimum absolute atomic E-state index is 0.643. The molecular weight excluding hydrogens is 170 g/mol. The first-order valence-electron chi connectivity index (χ1n) is 3.51. The molecule has 0 fully saturated rings. The van der Waals surface area contributed by atoms with Crippen molar-refractivity contribution in [1.82, 2.24) is 4.98 Å². The van der Waals surface area contributed by atoms with Gasteiger partial charge in [0.25, 0.3) is 0 Å². The van der Waals surface area contributed by atoms with E-state index in [1.165, 1.54) is 0 Å². The molecule has 1 rings (SSSR count). The van der Waals surface area contributed by atoms with Crippen molar-refractivity contribution in [3.05, 3.63) is 36.7 Å². The molecule has 0 saturated carbocycles. The molecule has 2 nitrogen and oxygen atoms in total. The van der Waals surface area contributed by atoms with Crippen LogP contribution in [0.1, 0.15) is 10.4 Å². The standard InChI is InChI=1S/C9H9NOS/c1-2-5-12-9-3-4-10-6-8(9)7-11/h2-4,6-7H,1,5H2. The quantitative estimate of drug-likeness (QED) is 0.403. The van der Waals surface area contributed by atoms with Gasteiger partial charge in [0, 0.05) is 28.6 Å². The zero-order chi connectivity index (χ0) is 8.81. The van der Waals surface area contributed by atoms with Crippen LogP contribution in [0.2, 0.25) is 0 Å². The summed E-state index contributed by atoms with van der Waals surface area (Å²) >= 11 is 1.58. The fraction of sp³-hybridized carbons (Fsp3) is 0.111. The molecule has 0 aliphatic heterocycles. The molecule has 1 aromatic heterocycles. The Kier molecular flexibility index (Phi) is 3.54. The van der Waals surface area contributed by atoms with E-state index in [1.54, 1.807) is 30.2 Å². The predicted molar refractivity (Wildman–Crippen MR) is 50.5 cm³/mol. The van der Waals surface area contributed by atoms with Gasteiger partial charge in [0.05, 0.1) is 0 Å². The van der Waals surface area contributed by atoms with Gasteiger partial charge in [0.15, 0.2) is 6.29 Å². The van der Waals surface area contributed by atoms with Crippen LogP contribution in [-0.2, 0) is 0 Å². The lowest BCUT2D eigenvalue weighted by molar-refractivity contribution is 0.112. The van der Waals surface area contributed by atoms with E-state index in [-0.39, 0.29) is 0 Å². The average Bonchev–Trinajstić information content (AvgIpc) is 2.15. The lowest BCUT2D eigenvalue weighted by Gasteiger charge is -1.99. The van der Waals surface area contributed by atoms with Gasteiger partial charge in [-0.05, 0) is 6.07 Å². The summed E-state index contributed by atoms with van der Waals surface area (Å²) in [6.45, 7) is 3.61. The fourth-order valence-electron chi connectivity index (χ4n) is 0.763. The number of pyridine rings is 1. The van der Waals surface area contributed by atoms with Crippen molar-refractivity contribution in [3.63, 3.8) is 0 Å². The predicted octanol–water partition coefficient (Wildman–Crippen LogP) is 2.17.